The van der Waals surface area contributed by atoms with E-state index in [1.807, 2.05) is 17.9 Å². The van der Waals surface area contributed by atoms with Crippen LogP contribution in [0.2, 0.25) is 0 Å². The molecule has 2 amide bonds. The largest absolute Gasteiger partial charge is 0.375 e. The van der Waals surface area contributed by atoms with Crippen molar-refractivity contribution in [1.82, 2.24) is 15.0 Å². The molecule has 1 unspecified atom stereocenters. The van der Waals surface area contributed by atoms with E-state index in [4.69, 9.17) is 9.26 Å². The van der Waals surface area contributed by atoms with Crippen LogP contribution in [-0.2, 0) is 14.3 Å². The molecule has 1 aromatic heterocycles. The molecule has 7 heteroatoms. The van der Waals surface area contributed by atoms with Gasteiger partial charge < -0.3 is 19.1 Å². The number of nitrogens with zero attached hydrogens (tertiary/aromatic N) is 3. The van der Waals surface area contributed by atoms with Crippen LogP contribution in [-0.4, -0.2) is 60.1 Å². The number of carbonyl (C=O) groups excluding carboxylic acids is 2. The van der Waals surface area contributed by atoms with Crippen LogP contribution in [0.5, 0.6) is 0 Å². The summed E-state index contributed by atoms with van der Waals surface area (Å²) < 4.78 is 10.1. The van der Waals surface area contributed by atoms with E-state index in [2.05, 4.69) is 5.16 Å². The summed E-state index contributed by atoms with van der Waals surface area (Å²) in [5.74, 6) is 0.963. The van der Waals surface area contributed by atoms with Crippen LogP contribution in [0.4, 0.5) is 0 Å². The highest BCUT2D eigenvalue weighted by Crippen LogP contribution is 2.33. The zero-order valence-electron chi connectivity index (χ0n) is 15.1. The van der Waals surface area contributed by atoms with Gasteiger partial charge in [0.05, 0.1) is 6.04 Å². The lowest BCUT2D eigenvalue weighted by molar-refractivity contribution is -0.145. The van der Waals surface area contributed by atoms with Crippen molar-refractivity contribution in [3.63, 3.8) is 0 Å². The van der Waals surface area contributed by atoms with Crippen LogP contribution in [0.1, 0.15) is 49.6 Å². The Balaban J connectivity index is 1.62. The number of hydrogen-bond donors (Lipinski definition) is 0. The number of piperidine rings is 2. The number of likely N-dealkylation sites (tertiary alicyclic amines) is 2. The van der Waals surface area contributed by atoms with Gasteiger partial charge >= 0.3 is 0 Å². The Morgan fingerprint density at radius 2 is 2.00 bits per heavy atom. The molecule has 2 saturated heterocycles. The SMILES string of the molecule is COCC(=O)N1CCC(C(=O)N2CCCCC2c2cc(C)on2)CC1. The van der Waals surface area contributed by atoms with Gasteiger partial charge in [0.1, 0.15) is 18.1 Å². The molecule has 3 heterocycles. The van der Waals surface area contributed by atoms with E-state index in [0.717, 1.165) is 50.1 Å². The maximum atomic E-state index is 13.1. The molecule has 2 fully saturated rings. The van der Waals surface area contributed by atoms with Gasteiger partial charge in [-0.25, -0.2) is 0 Å². The van der Waals surface area contributed by atoms with Gasteiger partial charge in [-0.3, -0.25) is 9.59 Å². The highest BCUT2D eigenvalue weighted by molar-refractivity contribution is 5.81. The standard InChI is InChI=1S/C18H27N3O4/c1-13-11-15(19-25-13)16-5-3-4-8-21(16)18(23)14-6-9-20(10-7-14)17(22)12-24-2/h11,14,16H,3-10,12H2,1-2H3. The summed E-state index contributed by atoms with van der Waals surface area (Å²) in [5, 5.41) is 4.14. The molecule has 0 aromatic carbocycles. The third-order valence-electron chi connectivity index (χ3n) is 5.24. The number of hydrogen-bond acceptors (Lipinski definition) is 5. The fraction of sp³-hybridized carbons (Fsp3) is 0.722. The molecule has 0 aliphatic carbocycles. The van der Waals surface area contributed by atoms with Crippen molar-refractivity contribution >= 4 is 11.8 Å². The van der Waals surface area contributed by atoms with E-state index in [1.54, 1.807) is 4.90 Å². The molecule has 0 N–H and O–H groups in total. The quantitative estimate of drug-likeness (QED) is 0.830. The normalized spacial score (nSPS) is 22.2. The summed E-state index contributed by atoms with van der Waals surface area (Å²) in [6, 6.07) is 1.95. The van der Waals surface area contributed by atoms with Crippen LogP contribution >= 0.6 is 0 Å². The van der Waals surface area contributed by atoms with E-state index in [0.29, 0.717) is 13.1 Å². The maximum absolute atomic E-state index is 13.1. The first kappa shape index (κ1) is 17.9. The molecule has 0 radical (unpaired) electrons. The van der Waals surface area contributed by atoms with Crippen LogP contribution in [0, 0.1) is 12.8 Å². The van der Waals surface area contributed by atoms with E-state index < -0.39 is 0 Å². The number of rotatable bonds is 4. The molecular formula is C18H27N3O4. The Bertz CT molecular complexity index is 607. The smallest absolute Gasteiger partial charge is 0.248 e. The zero-order chi connectivity index (χ0) is 17.8. The molecular weight excluding hydrogens is 322 g/mol. The van der Waals surface area contributed by atoms with Gasteiger partial charge in [-0.2, -0.15) is 0 Å². The topological polar surface area (TPSA) is 75.9 Å². The van der Waals surface area contributed by atoms with E-state index in [9.17, 15) is 9.59 Å². The number of aryl methyl sites for hydroxylation is 1. The van der Waals surface area contributed by atoms with Crippen molar-refractivity contribution in [3.8, 4) is 0 Å². The van der Waals surface area contributed by atoms with Crippen LogP contribution in [0.3, 0.4) is 0 Å². The molecule has 0 saturated carbocycles. The van der Waals surface area contributed by atoms with E-state index in [-0.39, 0.29) is 30.4 Å². The van der Waals surface area contributed by atoms with Gasteiger partial charge in [0.25, 0.3) is 0 Å². The summed E-state index contributed by atoms with van der Waals surface area (Å²) in [5.41, 5.74) is 0.859. The van der Waals surface area contributed by atoms with Crippen LogP contribution < -0.4 is 0 Å². The third-order valence-corrected chi connectivity index (χ3v) is 5.24. The summed E-state index contributed by atoms with van der Waals surface area (Å²) in [6.45, 7) is 4.01. The molecule has 2 aliphatic heterocycles. The van der Waals surface area contributed by atoms with Crippen molar-refractivity contribution < 1.29 is 18.8 Å². The van der Waals surface area contributed by atoms with Crippen LogP contribution in [0.15, 0.2) is 10.6 Å². The first-order chi connectivity index (χ1) is 12.1. The minimum absolute atomic E-state index is 0.00215. The molecule has 0 bridgehead atoms. The predicted octanol–water partition coefficient (Wildman–Crippen LogP) is 1.92. The minimum Gasteiger partial charge on any atom is -0.375 e. The molecule has 1 atom stereocenters. The van der Waals surface area contributed by atoms with Gasteiger partial charge in [0.2, 0.25) is 11.8 Å². The summed E-state index contributed by atoms with van der Waals surface area (Å²) in [6.07, 6.45) is 4.50. The first-order valence-corrected chi connectivity index (χ1v) is 9.10. The zero-order valence-corrected chi connectivity index (χ0v) is 15.1. The second kappa shape index (κ2) is 7.99. The van der Waals surface area contributed by atoms with Gasteiger partial charge in [0.15, 0.2) is 0 Å². The molecule has 25 heavy (non-hydrogen) atoms. The third kappa shape index (κ3) is 4.03. The fourth-order valence-corrected chi connectivity index (χ4v) is 3.87. The van der Waals surface area contributed by atoms with Crippen molar-refractivity contribution in [2.75, 3.05) is 33.4 Å². The lowest BCUT2D eigenvalue weighted by atomic mass is 9.91. The Labute approximate surface area is 148 Å². The monoisotopic (exact) mass is 349 g/mol. The van der Waals surface area contributed by atoms with E-state index >= 15 is 0 Å². The Kier molecular flexibility index (Phi) is 5.73. The average Bonchev–Trinajstić information content (AvgIpc) is 3.08. The Hall–Kier alpha value is -1.89. The highest BCUT2D eigenvalue weighted by atomic mass is 16.5. The minimum atomic E-state index is -0.0137. The molecule has 0 spiro atoms. The number of amides is 2. The Morgan fingerprint density at radius 3 is 2.64 bits per heavy atom. The van der Waals surface area contributed by atoms with Crippen molar-refractivity contribution in [1.29, 1.82) is 0 Å². The number of aromatic nitrogens is 1. The summed E-state index contributed by atoms with van der Waals surface area (Å²) in [7, 11) is 1.52. The lowest BCUT2D eigenvalue weighted by Crippen LogP contribution is -2.47. The number of methoxy groups -OCH3 is 1. The maximum Gasteiger partial charge on any atom is 0.248 e. The molecule has 7 nitrogen and oxygen atoms in total. The first-order valence-electron chi connectivity index (χ1n) is 9.10. The van der Waals surface area contributed by atoms with Gasteiger partial charge in [0, 0.05) is 38.7 Å². The highest BCUT2D eigenvalue weighted by Gasteiger charge is 2.35. The lowest BCUT2D eigenvalue weighted by Gasteiger charge is -2.39. The van der Waals surface area contributed by atoms with Gasteiger partial charge in [-0.15, -0.1) is 0 Å². The van der Waals surface area contributed by atoms with Crippen molar-refractivity contribution in [3.05, 3.63) is 17.5 Å². The summed E-state index contributed by atoms with van der Waals surface area (Å²) >= 11 is 0. The average molecular weight is 349 g/mol. The van der Waals surface area contributed by atoms with Crippen molar-refractivity contribution in [2.24, 2.45) is 5.92 Å². The van der Waals surface area contributed by atoms with Gasteiger partial charge in [-0.05, 0) is 39.0 Å². The Morgan fingerprint density at radius 1 is 1.24 bits per heavy atom. The second-order valence-corrected chi connectivity index (χ2v) is 6.99. The number of carbonyl (C=O) groups is 2. The van der Waals surface area contributed by atoms with E-state index in [1.165, 1.54) is 7.11 Å². The molecule has 2 aliphatic rings. The van der Waals surface area contributed by atoms with Crippen molar-refractivity contribution in [2.45, 2.75) is 45.1 Å². The summed E-state index contributed by atoms with van der Waals surface area (Å²) in [4.78, 5) is 28.8. The molecule has 3 rings (SSSR count). The number of ether oxygens (including phenoxy) is 1. The van der Waals surface area contributed by atoms with Gasteiger partial charge in [-0.1, -0.05) is 5.16 Å². The molecule has 1 aromatic rings. The predicted molar refractivity (Wildman–Crippen MR) is 90.7 cm³/mol. The van der Waals surface area contributed by atoms with Crippen LogP contribution in [0.25, 0.3) is 0 Å². The molecule has 138 valence electrons. The fourth-order valence-electron chi connectivity index (χ4n) is 3.87. The second-order valence-electron chi connectivity index (χ2n) is 6.99.